The molecule has 2 nitrogen and oxygen atoms in total. The van der Waals surface area contributed by atoms with Crippen molar-refractivity contribution in [3.63, 3.8) is 0 Å². The summed E-state index contributed by atoms with van der Waals surface area (Å²) in [6.07, 6.45) is 5.05. The van der Waals surface area contributed by atoms with Crippen LogP contribution in [-0.2, 0) is 6.42 Å². The Morgan fingerprint density at radius 3 is 2.63 bits per heavy atom. The smallest absolute Gasteiger partial charge is 0.0366 e. The third-order valence-electron chi connectivity index (χ3n) is 3.88. The minimum atomic E-state index is 0.585. The van der Waals surface area contributed by atoms with Gasteiger partial charge in [-0.15, -0.1) is 0 Å². The maximum absolute atomic E-state index is 3.64. The van der Waals surface area contributed by atoms with Crippen LogP contribution in [-0.4, -0.2) is 25.2 Å². The van der Waals surface area contributed by atoms with Crippen molar-refractivity contribution in [1.29, 1.82) is 0 Å². The third-order valence-corrected chi connectivity index (χ3v) is 3.88. The molecule has 2 rings (SSSR count). The number of anilines is 1. The quantitative estimate of drug-likeness (QED) is 0.840. The average Bonchev–Trinajstić information content (AvgIpc) is 2.84. The molecule has 1 aliphatic heterocycles. The number of unbranched alkanes of at least 4 members (excludes halogenated alkanes) is 1. The highest BCUT2D eigenvalue weighted by molar-refractivity contribution is 5.48. The van der Waals surface area contributed by atoms with Crippen LogP contribution in [0.3, 0.4) is 0 Å². The number of nitrogens with one attached hydrogen (secondary N) is 1. The predicted octanol–water partition coefficient (Wildman–Crippen LogP) is 3.61. The number of hydrogen-bond donors (Lipinski definition) is 1. The normalized spacial score (nSPS) is 19.4. The molecule has 2 heteroatoms. The summed E-state index contributed by atoms with van der Waals surface area (Å²) in [6, 6.07) is 10.4. The molecule has 1 fully saturated rings. The van der Waals surface area contributed by atoms with E-state index in [1.165, 1.54) is 43.5 Å². The molecule has 0 aromatic heterocycles. The summed E-state index contributed by atoms with van der Waals surface area (Å²) >= 11 is 0. The second-order valence-corrected chi connectivity index (χ2v) is 6.02. The van der Waals surface area contributed by atoms with Gasteiger partial charge in [-0.25, -0.2) is 0 Å². The molecule has 0 aliphatic carbocycles. The molecular formula is C17H28N2. The Balaban J connectivity index is 1.88. The second-order valence-electron chi connectivity index (χ2n) is 6.02. The summed E-state index contributed by atoms with van der Waals surface area (Å²) in [5.41, 5.74) is 2.86. The zero-order valence-electron chi connectivity index (χ0n) is 12.7. The van der Waals surface area contributed by atoms with Crippen LogP contribution in [0.25, 0.3) is 0 Å². The topological polar surface area (TPSA) is 15.3 Å². The molecule has 19 heavy (non-hydrogen) atoms. The van der Waals surface area contributed by atoms with E-state index in [-0.39, 0.29) is 0 Å². The van der Waals surface area contributed by atoms with Crippen LogP contribution in [0.5, 0.6) is 0 Å². The monoisotopic (exact) mass is 260 g/mol. The minimum Gasteiger partial charge on any atom is -0.370 e. The van der Waals surface area contributed by atoms with E-state index in [9.17, 15) is 0 Å². The molecule has 0 amide bonds. The molecule has 1 aromatic rings. The van der Waals surface area contributed by atoms with E-state index in [4.69, 9.17) is 0 Å². The van der Waals surface area contributed by atoms with Gasteiger partial charge >= 0.3 is 0 Å². The Kier molecular flexibility index (Phi) is 5.26. The van der Waals surface area contributed by atoms with Crippen molar-refractivity contribution >= 4 is 5.69 Å². The lowest BCUT2D eigenvalue weighted by Gasteiger charge is -2.20. The summed E-state index contributed by atoms with van der Waals surface area (Å²) < 4.78 is 0. The van der Waals surface area contributed by atoms with Gasteiger partial charge < -0.3 is 10.2 Å². The number of rotatable bonds is 6. The highest BCUT2D eigenvalue weighted by atomic mass is 15.2. The van der Waals surface area contributed by atoms with Crippen LogP contribution in [0.2, 0.25) is 0 Å². The lowest BCUT2D eigenvalue weighted by atomic mass is 10.1. The van der Waals surface area contributed by atoms with Crippen LogP contribution in [0.15, 0.2) is 24.3 Å². The Morgan fingerprint density at radius 2 is 2.00 bits per heavy atom. The fourth-order valence-corrected chi connectivity index (χ4v) is 2.86. The van der Waals surface area contributed by atoms with Crippen LogP contribution >= 0.6 is 0 Å². The molecule has 106 valence electrons. The van der Waals surface area contributed by atoms with E-state index >= 15 is 0 Å². The second kappa shape index (κ2) is 6.95. The SMILES string of the molecule is CCCCc1ccc(N2CCC(NC(C)C)C2)cc1. The summed E-state index contributed by atoms with van der Waals surface area (Å²) in [5, 5.41) is 3.64. The Morgan fingerprint density at radius 1 is 1.26 bits per heavy atom. The van der Waals surface area contributed by atoms with Gasteiger partial charge in [-0.3, -0.25) is 0 Å². The van der Waals surface area contributed by atoms with Crippen molar-refractivity contribution in [2.75, 3.05) is 18.0 Å². The molecule has 1 saturated heterocycles. The van der Waals surface area contributed by atoms with E-state index in [1.54, 1.807) is 0 Å². The minimum absolute atomic E-state index is 0.585. The van der Waals surface area contributed by atoms with Gasteiger partial charge in [-0.1, -0.05) is 39.3 Å². The largest absolute Gasteiger partial charge is 0.370 e. The summed E-state index contributed by atoms with van der Waals surface area (Å²) in [4.78, 5) is 2.50. The van der Waals surface area contributed by atoms with Crippen molar-refractivity contribution in [2.45, 2.75) is 58.5 Å². The van der Waals surface area contributed by atoms with E-state index in [0.717, 1.165) is 6.54 Å². The zero-order chi connectivity index (χ0) is 13.7. The maximum Gasteiger partial charge on any atom is 0.0366 e. The first-order valence-corrected chi connectivity index (χ1v) is 7.79. The fourth-order valence-electron chi connectivity index (χ4n) is 2.86. The van der Waals surface area contributed by atoms with E-state index in [2.05, 4.69) is 55.3 Å². The van der Waals surface area contributed by atoms with Gasteiger partial charge in [0, 0.05) is 30.9 Å². The third kappa shape index (κ3) is 4.24. The maximum atomic E-state index is 3.64. The molecule has 1 unspecified atom stereocenters. The Hall–Kier alpha value is -1.02. The lowest BCUT2D eigenvalue weighted by Crippen LogP contribution is -2.36. The molecular weight excluding hydrogens is 232 g/mol. The molecule has 1 aliphatic rings. The van der Waals surface area contributed by atoms with Crippen LogP contribution < -0.4 is 10.2 Å². The molecule has 1 N–H and O–H groups in total. The van der Waals surface area contributed by atoms with Gasteiger partial charge in [-0.2, -0.15) is 0 Å². The summed E-state index contributed by atoms with van der Waals surface area (Å²) in [7, 11) is 0. The van der Waals surface area contributed by atoms with Crippen molar-refractivity contribution < 1.29 is 0 Å². The first-order valence-electron chi connectivity index (χ1n) is 7.79. The van der Waals surface area contributed by atoms with Gasteiger partial charge in [-0.05, 0) is 37.0 Å². The number of benzene rings is 1. The van der Waals surface area contributed by atoms with Crippen LogP contribution in [0.4, 0.5) is 5.69 Å². The van der Waals surface area contributed by atoms with E-state index in [1.807, 2.05) is 0 Å². The van der Waals surface area contributed by atoms with Gasteiger partial charge in [0.25, 0.3) is 0 Å². The molecule has 1 heterocycles. The van der Waals surface area contributed by atoms with Crippen molar-refractivity contribution in [3.05, 3.63) is 29.8 Å². The van der Waals surface area contributed by atoms with Crippen molar-refractivity contribution in [2.24, 2.45) is 0 Å². The van der Waals surface area contributed by atoms with Gasteiger partial charge in [0.2, 0.25) is 0 Å². The number of nitrogens with zero attached hydrogens (tertiary/aromatic N) is 1. The molecule has 0 spiro atoms. The number of aryl methyl sites for hydroxylation is 1. The molecule has 0 radical (unpaired) electrons. The van der Waals surface area contributed by atoms with Gasteiger partial charge in [0.15, 0.2) is 0 Å². The molecule has 0 saturated carbocycles. The van der Waals surface area contributed by atoms with Gasteiger partial charge in [0.05, 0.1) is 0 Å². The first-order chi connectivity index (χ1) is 9.19. The Bertz CT molecular complexity index is 369. The van der Waals surface area contributed by atoms with Crippen molar-refractivity contribution in [3.8, 4) is 0 Å². The standard InChI is InChI=1S/C17H28N2/c1-4-5-6-15-7-9-17(10-8-15)19-12-11-16(13-19)18-14(2)3/h7-10,14,16,18H,4-6,11-13H2,1-3H3. The predicted molar refractivity (Wildman–Crippen MR) is 83.9 cm³/mol. The molecule has 1 atom stereocenters. The fraction of sp³-hybridized carbons (Fsp3) is 0.647. The summed E-state index contributed by atoms with van der Waals surface area (Å²) in [5.74, 6) is 0. The van der Waals surface area contributed by atoms with E-state index in [0.29, 0.717) is 12.1 Å². The van der Waals surface area contributed by atoms with Crippen LogP contribution in [0, 0.1) is 0 Å². The highest BCUT2D eigenvalue weighted by Gasteiger charge is 2.22. The average molecular weight is 260 g/mol. The lowest BCUT2D eigenvalue weighted by molar-refractivity contribution is 0.492. The number of hydrogen-bond acceptors (Lipinski definition) is 2. The Labute approximate surface area is 118 Å². The highest BCUT2D eigenvalue weighted by Crippen LogP contribution is 2.21. The first kappa shape index (κ1) is 14.4. The zero-order valence-corrected chi connectivity index (χ0v) is 12.7. The van der Waals surface area contributed by atoms with Gasteiger partial charge in [0.1, 0.15) is 0 Å². The molecule has 1 aromatic carbocycles. The van der Waals surface area contributed by atoms with E-state index < -0.39 is 0 Å². The van der Waals surface area contributed by atoms with Crippen LogP contribution in [0.1, 0.15) is 45.6 Å². The molecule has 0 bridgehead atoms. The van der Waals surface area contributed by atoms with Crippen molar-refractivity contribution in [1.82, 2.24) is 5.32 Å². The summed E-state index contributed by atoms with van der Waals surface area (Å²) in [6.45, 7) is 9.03.